The number of sulfonamides is 1. The number of rotatable bonds is 7. The fraction of sp³-hybridized carbons (Fsp3) is 0.500. The Bertz CT molecular complexity index is 582. The maximum absolute atomic E-state index is 12.4. The molecule has 1 amide bonds. The van der Waals surface area contributed by atoms with Crippen molar-refractivity contribution in [1.82, 2.24) is 9.62 Å². The van der Waals surface area contributed by atoms with Gasteiger partial charge in [-0.3, -0.25) is 4.79 Å². The van der Waals surface area contributed by atoms with Gasteiger partial charge < -0.3 is 10.4 Å². The van der Waals surface area contributed by atoms with Crippen LogP contribution in [0.1, 0.15) is 31.1 Å². The highest BCUT2D eigenvalue weighted by Crippen LogP contribution is 2.17. The summed E-state index contributed by atoms with van der Waals surface area (Å²) in [7, 11) is -3.59. The first kappa shape index (κ1) is 17.6. The molecule has 0 aromatic heterocycles. The molecule has 0 radical (unpaired) electrons. The molecular formula is C14H22N2O4S. The van der Waals surface area contributed by atoms with Gasteiger partial charge in [-0.1, -0.05) is 19.9 Å². The van der Waals surface area contributed by atoms with E-state index in [2.05, 4.69) is 5.32 Å². The lowest BCUT2D eigenvalue weighted by Crippen LogP contribution is -2.35. The molecule has 1 atom stereocenters. The van der Waals surface area contributed by atoms with Crippen LogP contribution in [-0.4, -0.2) is 49.5 Å². The van der Waals surface area contributed by atoms with Gasteiger partial charge in [0.2, 0.25) is 10.0 Å². The van der Waals surface area contributed by atoms with Crippen molar-refractivity contribution in [3.63, 3.8) is 0 Å². The fourth-order valence-electron chi connectivity index (χ4n) is 1.86. The molecule has 1 rings (SSSR count). The molecule has 0 saturated carbocycles. The molecule has 1 unspecified atom stereocenters. The van der Waals surface area contributed by atoms with E-state index in [-0.39, 0.29) is 23.1 Å². The Hall–Kier alpha value is -1.44. The van der Waals surface area contributed by atoms with Crippen LogP contribution in [0, 0.1) is 0 Å². The number of benzene rings is 1. The van der Waals surface area contributed by atoms with Crippen molar-refractivity contribution in [1.29, 1.82) is 0 Å². The molecule has 0 bridgehead atoms. The van der Waals surface area contributed by atoms with E-state index in [0.29, 0.717) is 13.1 Å². The quantitative estimate of drug-likeness (QED) is 0.780. The molecule has 1 aromatic rings. The Labute approximate surface area is 125 Å². The number of hydrogen-bond acceptors (Lipinski definition) is 4. The molecule has 0 fully saturated rings. The summed E-state index contributed by atoms with van der Waals surface area (Å²) in [6.07, 6.45) is 0. The Morgan fingerprint density at radius 1 is 1.33 bits per heavy atom. The number of nitrogens with zero attached hydrogens (tertiary/aromatic N) is 1. The summed E-state index contributed by atoms with van der Waals surface area (Å²) in [6.45, 7) is 5.76. The smallest absolute Gasteiger partial charge is 0.251 e. The van der Waals surface area contributed by atoms with E-state index in [9.17, 15) is 13.2 Å². The second-order valence-corrected chi connectivity index (χ2v) is 6.61. The molecule has 0 aliphatic rings. The number of nitrogens with one attached hydrogen (secondary N) is 1. The second-order valence-electron chi connectivity index (χ2n) is 4.67. The van der Waals surface area contributed by atoms with E-state index in [1.807, 2.05) is 0 Å². The van der Waals surface area contributed by atoms with Gasteiger partial charge in [0.25, 0.3) is 5.91 Å². The van der Waals surface area contributed by atoms with Crippen LogP contribution in [0.2, 0.25) is 0 Å². The van der Waals surface area contributed by atoms with Gasteiger partial charge >= 0.3 is 0 Å². The van der Waals surface area contributed by atoms with E-state index in [1.54, 1.807) is 26.8 Å². The highest BCUT2D eigenvalue weighted by molar-refractivity contribution is 7.89. The van der Waals surface area contributed by atoms with Crippen LogP contribution in [0.25, 0.3) is 0 Å². The van der Waals surface area contributed by atoms with Gasteiger partial charge in [-0.25, -0.2) is 8.42 Å². The number of hydrogen-bond donors (Lipinski definition) is 2. The molecule has 0 aliphatic heterocycles. The summed E-state index contributed by atoms with van der Waals surface area (Å²) in [5, 5.41) is 11.5. The zero-order valence-electron chi connectivity index (χ0n) is 12.5. The van der Waals surface area contributed by atoms with E-state index in [0.717, 1.165) is 0 Å². The molecular weight excluding hydrogens is 292 g/mol. The third-order valence-electron chi connectivity index (χ3n) is 3.09. The lowest BCUT2D eigenvalue weighted by Gasteiger charge is -2.19. The lowest BCUT2D eigenvalue weighted by molar-refractivity contribution is 0.0922. The number of aliphatic hydroxyl groups is 1. The van der Waals surface area contributed by atoms with Gasteiger partial charge in [0.1, 0.15) is 0 Å². The molecule has 0 spiro atoms. The molecule has 0 heterocycles. The van der Waals surface area contributed by atoms with Crippen molar-refractivity contribution in [2.75, 3.05) is 19.7 Å². The first-order valence-electron chi connectivity index (χ1n) is 6.88. The minimum absolute atomic E-state index is 0.0931. The summed E-state index contributed by atoms with van der Waals surface area (Å²) in [5.74, 6) is -0.409. The van der Waals surface area contributed by atoms with Crippen LogP contribution in [0.4, 0.5) is 0 Å². The topological polar surface area (TPSA) is 86.7 Å². The van der Waals surface area contributed by atoms with E-state index >= 15 is 0 Å². The lowest BCUT2D eigenvalue weighted by atomic mass is 10.2. The number of aliphatic hydroxyl groups excluding tert-OH is 1. The molecule has 118 valence electrons. The summed E-state index contributed by atoms with van der Waals surface area (Å²) < 4.78 is 26.1. The van der Waals surface area contributed by atoms with Gasteiger partial charge in [-0.15, -0.1) is 0 Å². The summed E-state index contributed by atoms with van der Waals surface area (Å²) in [5.41, 5.74) is 0.253. The predicted octanol–water partition coefficient (Wildman–Crippen LogP) is 0.828. The van der Waals surface area contributed by atoms with Gasteiger partial charge in [-0.2, -0.15) is 4.31 Å². The summed E-state index contributed by atoms with van der Waals surface area (Å²) >= 11 is 0. The zero-order valence-corrected chi connectivity index (χ0v) is 13.4. The maximum atomic E-state index is 12.4. The van der Waals surface area contributed by atoms with Crippen molar-refractivity contribution in [3.8, 4) is 0 Å². The Balaban J connectivity index is 3.08. The van der Waals surface area contributed by atoms with Gasteiger partial charge in [0.15, 0.2) is 0 Å². The average molecular weight is 314 g/mol. The summed E-state index contributed by atoms with van der Waals surface area (Å²) in [4.78, 5) is 12.1. The first-order chi connectivity index (χ1) is 9.86. The van der Waals surface area contributed by atoms with Gasteiger partial charge in [-0.05, 0) is 25.1 Å². The van der Waals surface area contributed by atoms with Gasteiger partial charge in [0.05, 0.1) is 11.5 Å². The monoisotopic (exact) mass is 314 g/mol. The highest BCUT2D eigenvalue weighted by Gasteiger charge is 2.22. The van der Waals surface area contributed by atoms with Crippen LogP contribution in [0.5, 0.6) is 0 Å². The number of carbonyl (C=O) groups is 1. The molecule has 0 saturated heterocycles. The number of carbonyl (C=O) groups excluding carboxylic acids is 1. The molecule has 2 N–H and O–H groups in total. The highest BCUT2D eigenvalue weighted by atomic mass is 32.2. The standard InChI is InChI=1S/C14H22N2O4S/c1-4-16(5-2)21(19,20)13-8-6-7-12(9-13)14(18)15-11(3)10-17/h6-9,11,17H,4-5,10H2,1-3H3,(H,15,18). The fourth-order valence-corrected chi connectivity index (χ4v) is 3.37. The van der Waals surface area contributed by atoms with Crippen molar-refractivity contribution in [3.05, 3.63) is 29.8 Å². The predicted molar refractivity (Wildman–Crippen MR) is 80.6 cm³/mol. The molecule has 21 heavy (non-hydrogen) atoms. The normalized spacial score (nSPS) is 13.2. The minimum atomic E-state index is -3.59. The summed E-state index contributed by atoms with van der Waals surface area (Å²) in [6, 6.07) is 5.52. The van der Waals surface area contributed by atoms with E-state index in [1.165, 1.54) is 22.5 Å². The van der Waals surface area contributed by atoms with E-state index < -0.39 is 15.9 Å². The minimum Gasteiger partial charge on any atom is -0.394 e. The Kier molecular flexibility index (Phi) is 6.32. The number of amides is 1. The Morgan fingerprint density at radius 3 is 2.48 bits per heavy atom. The SMILES string of the molecule is CCN(CC)S(=O)(=O)c1cccc(C(=O)NC(C)CO)c1. The van der Waals surface area contributed by atoms with Crippen molar-refractivity contribution >= 4 is 15.9 Å². The van der Waals surface area contributed by atoms with Crippen LogP contribution < -0.4 is 5.32 Å². The third kappa shape index (κ3) is 4.26. The third-order valence-corrected chi connectivity index (χ3v) is 5.14. The van der Waals surface area contributed by atoms with E-state index in [4.69, 9.17) is 5.11 Å². The van der Waals surface area contributed by atoms with Crippen molar-refractivity contribution in [2.45, 2.75) is 31.7 Å². The largest absolute Gasteiger partial charge is 0.394 e. The zero-order chi connectivity index (χ0) is 16.0. The van der Waals surface area contributed by atoms with Crippen LogP contribution in [-0.2, 0) is 10.0 Å². The van der Waals surface area contributed by atoms with Crippen LogP contribution >= 0.6 is 0 Å². The average Bonchev–Trinajstić information content (AvgIpc) is 2.48. The molecule has 0 aliphatic carbocycles. The van der Waals surface area contributed by atoms with Crippen molar-refractivity contribution in [2.24, 2.45) is 0 Å². The van der Waals surface area contributed by atoms with Crippen LogP contribution in [0.3, 0.4) is 0 Å². The molecule has 6 nitrogen and oxygen atoms in total. The van der Waals surface area contributed by atoms with Crippen LogP contribution in [0.15, 0.2) is 29.2 Å². The van der Waals surface area contributed by atoms with Gasteiger partial charge in [0, 0.05) is 24.7 Å². The first-order valence-corrected chi connectivity index (χ1v) is 8.32. The maximum Gasteiger partial charge on any atom is 0.251 e. The molecule has 7 heteroatoms. The second kappa shape index (κ2) is 7.53. The molecule has 1 aromatic carbocycles. The van der Waals surface area contributed by atoms with Crippen molar-refractivity contribution < 1.29 is 18.3 Å². The Morgan fingerprint density at radius 2 is 1.95 bits per heavy atom.